The Kier molecular flexibility index (Phi) is 4.86. The Morgan fingerprint density at radius 1 is 1.42 bits per heavy atom. The van der Waals surface area contributed by atoms with Crippen molar-refractivity contribution >= 4 is 17.7 Å². The Hall–Kier alpha value is -2.33. The SMILES string of the molecule is Cc1cccc(-c2nnc(SCC(=O)NC3(C#N)CCCC3)o2)c1. The number of carbonyl (C=O) groups excluding carboxylic acids is 1. The molecule has 3 rings (SSSR count). The summed E-state index contributed by atoms with van der Waals surface area (Å²) in [6, 6.07) is 10.0. The van der Waals surface area contributed by atoms with Crippen LogP contribution in [0.15, 0.2) is 33.9 Å². The number of carbonyl (C=O) groups is 1. The Balaban J connectivity index is 1.57. The van der Waals surface area contributed by atoms with Gasteiger partial charge in [-0.1, -0.05) is 29.5 Å². The summed E-state index contributed by atoms with van der Waals surface area (Å²) in [5.74, 6) is 0.406. The Morgan fingerprint density at radius 2 is 2.21 bits per heavy atom. The van der Waals surface area contributed by atoms with Gasteiger partial charge in [0.25, 0.3) is 5.22 Å². The molecule has 0 spiro atoms. The van der Waals surface area contributed by atoms with Gasteiger partial charge >= 0.3 is 0 Å². The van der Waals surface area contributed by atoms with Crippen LogP contribution in [-0.4, -0.2) is 27.4 Å². The molecular formula is C17H18N4O2S. The predicted molar refractivity (Wildman–Crippen MR) is 90.1 cm³/mol. The lowest BCUT2D eigenvalue weighted by Crippen LogP contribution is -2.45. The number of benzene rings is 1. The first-order valence-corrected chi connectivity index (χ1v) is 8.84. The molecule has 1 heterocycles. The number of nitrogens with one attached hydrogen (secondary N) is 1. The minimum absolute atomic E-state index is 0.152. The van der Waals surface area contributed by atoms with E-state index in [1.54, 1.807) is 0 Å². The van der Waals surface area contributed by atoms with Crippen LogP contribution in [0.4, 0.5) is 0 Å². The summed E-state index contributed by atoms with van der Waals surface area (Å²) in [6.07, 6.45) is 3.39. The summed E-state index contributed by atoms with van der Waals surface area (Å²) in [5.41, 5.74) is 1.27. The summed E-state index contributed by atoms with van der Waals surface area (Å²) in [6.45, 7) is 1.99. The van der Waals surface area contributed by atoms with E-state index in [1.807, 2.05) is 31.2 Å². The van der Waals surface area contributed by atoms with Crippen LogP contribution in [0.5, 0.6) is 0 Å². The van der Waals surface area contributed by atoms with Gasteiger partial charge in [0.15, 0.2) is 0 Å². The first kappa shape index (κ1) is 16.5. The van der Waals surface area contributed by atoms with Gasteiger partial charge in [0, 0.05) is 5.56 Å². The van der Waals surface area contributed by atoms with E-state index in [-0.39, 0.29) is 11.7 Å². The fourth-order valence-corrected chi connectivity index (χ4v) is 3.40. The fraction of sp³-hybridized carbons (Fsp3) is 0.412. The van der Waals surface area contributed by atoms with Gasteiger partial charge in [0.05, 0.1) is 11.8 Å². The molecule has 1 N–H and O–H groups in total. The van der Waals surface area contributed by atoms with E-state index in [0.29, 0.717) is 11.1 Å². The molecule has 1 saturated carbocycles. The fourth-order valence-electron chi connectivity index (χ4n) is 2.84. The summed E-state index contributed by atoms with van der Waals surface area (Å²) in [5, 5.41) is 20.5. The molecule has 24 heavy (non-hydrogen) atoms. The number of nitriles is 1. The molecule has 1 aliphatic rings. The Bertz CT molecular complexity index is 775. The van der Waals surface area contributed by atoms with Gasteiger partial charge in [-0.3, -0.25) is 4.79 Å². The molecule has 124 valence electrons. The zero-order valence-corrected chi connectivity index (χ0v) is 14.2. The molecule has 1 aromatic carbocycles. The molecule has 1 fully saturated rings. The summed E-state index contributed by atoms with van der Waals surface area (Å²) >= 11 is 1.18. The lowest BCUT2D eigenvalue weighted by Gasteiger charge is -2.21. The number of nitrogens with zero attached hydrogens (tertiary/aromatic N) is 3. The minimum Gasteiger partial charge on any atom is -0.411 e. The second-order valence-electron chi connectivity index (χ2n) is 5.98. The van der Waals surface area contributed by atoms with Crippen molar-refractivity contribution in [3.05, 3.63) is 29.8 Å². The number of hydrogen-bond donors (Lipinski definition) is 1. The predicted octanol–water partition coefficient (Wildman–Crippen LogP) is 3.09. The van der Waals surface area contributed by atoms with E-state index in [4.69, 9.17) is 4.42 Å². The van der Waals surface area contributed by atoms with Crippen molar-refractivity contribution in [1.29, 1.82) is 5.26 Å². The largest absolute Gasteiger partial charge is 0.411 e. The van der Waals surface area contributed by atoms with Crippen LogP contribution in [0.25, 0.3) is 11.5 Å². The number of amides is 1. The average molecular weight is 342 g/mol. The van der Waals surface area contributed by atoms with Gasteiger partial charge < -0.3 is 9.73 Å². The van der Waals surface area contributed by atoms with Gasteiger partial charge in [-0.05, 0) is 44.7 Å². The number of aryl methyl sites for hydroxylation is 1. The van der Waals surface area contributed by atoms with Gasteiger partial charge in [-0.25, -0.2) is 0 Å². The third-order valence-electron chi connectivity index (χ3n) is 4.05. The monoisotopic (exact) mass is 342 g/mol. The zero-order valence-electron chi connectivity index (χ0n) is 13.4. The van der Waals surface area contributed by atoms with Gasteiger partial charge in [0.1, 0.15) is 5.54 Å². The van der Waals surface area contributed by atoms with Crippen LogP contribution < -0.4 is 5.32 Å². The third-order valence-corrected chi connectivity index (χ3v) is 4.87. The maximum Gasteiger partial charge on any atom is 0.277 e. The maximum atomic E-state index is 12.1. The van der Waals surface area contributed by atoms with Crippen LogP contribution in [0, 0.1) is 18.3 Å². The molecule has 0 saturated heterocycles. The first-order valence-electron chi connectivity index (χ1n) is 7.86. The number of aromatic nitrogens is 2. The van der Waals surface area contributed by atoms with Crippen molar-refractivity contribution in [1.82, 2.24) is 15.5 Å². The molecule has 0 atom stereocenters. The molecule has 0 unspecified atom stereocenters. The highest BCUT2D eigenvalue weighted by Crippen LogP contribution is 2.29. The number of rotatable bonds is 5. The molecule has 0 aliphatic heterocycles. The minimum atomic E-state index is -0.695. The quantitative estimate of drug-likeness (QED) is 0.840. The second-order valence-corrected chi connectivity index (χ2v) is 6.91. The lowest BCUT2D eigenvalue weighted by atomic mass is 10.0. The van der Waals surface area contributed by atoms with E-state index in [9.17, 15) is 10.1 Å². The van der Waals surface area contributed by atoms with Crippen LogP contribution in [-0.2, 0) is 4.79 Å². The molecule has 1 aromatic heterocycles. The van der Waals surface area contributed by atoms with E-state index in [1.165, 1.54) is 11.8 Å². The molecule has 2 aromatic rings. The highest BCUT2D eigenvalue weighted by atomic mass is 32.2. The summed E-state index contributed by atoms with van der Waals surface area (Å²) in [7, 11) is 0. The van der Waals surface area contributed by atoms with Crippen molar-refractivity contribution in [2.45, 2.75) is 43.4 Å². The highest BCUT2D eigenvalue weighted by Gasteiger charge is 2.35. The van der Waals surface area contributed by atoms with Gasteiger partial charge in [0.2, 0.25) is 11.8 Å². The van der Waals surface area contributed by atoms with E-state index < -0.39 is 5.54 Å². The van der Waals surface area contributed by atoms with Crippen molar-refractivity contribution in [3.8, 4) is 17.5 Å². The van der Waals surface area contributed by atoms with Crippen LogP contribution in [0.1, 0.15) is 31.2 Å². The van der Waals surface area contributed by atoms with E-state index >= 15 is 0 Å². The number of hydrogen-bond acceptors (Lipinski definition) is 6. The standard InChI is InChI=1S/C17H18N4O2S/c1-12-5-4-6-13(9-12)15-20-21-16(23-15)24-10-14(22)19-17(11-18)7-2-3-8-17/h4-6,9H,2-3,7-8,10H2,1H3,(H,19,22). The smallest absolute Gasteiger partial charge is 0.277 e. The molecule has 6 nitrogen and oxygen atoms in total. The normalized spacial score (nSPS) is 15.8. The maximum absolute atomic E-state index is 12.1. The molecule has 0 bridgehead atoms. The molecule has 1 amide bonds. The summed E-state index contributed by atoms with van der Waals surface area (Å²) < 4.78 is 5.59. The third kappa shape index (κ3) is 3.77. The zero-order chi connectivity index (χ0) is 17.0. The van der Waals surface area contributed by atoms with Crippen molar-refractivity contribution in [3.63, 3.8) is 0 Å². The molecule has 0 radical (unpaired) electrons. The molecule has 7 heteroatoms. The van der Waals surface area contributed by atoms with Crippen molar-refractivity contribution < 1.29 is 9.21 Å². The highest BCUT2D eigenvalue weighted by molar-refractivity contribution is 7.99. The molecule has 1 aliphatic carbocycles. The lowest BCUT2D eigenvalue weighted by molar-refractivity contribution is -0.119. The van der Waals surface area contributed by atoms with Crippen LogP contribution >= 0.6 is 11.8 Å². The molecular weight excluding hydrogens is 324 g/mol. The Morgan fingerprint density at radius 3 is 2.92 bits per heavy atom. The van der Waals surface area contributed by atoms with E-state index in [2.05, 4.69) is 21.6 Å². The summed E-state index contributed by atoms with van der Waals surface area (Å²) in [4.78, 5) is 12.1. The van der Waals surface area contributed by atoms with E-state index in [0.717, 1.165) is 36.8 Å². The Labute approximate surface area is 144 Å². The van der Waals surface area contributed by atoms with Gasteiger partial charge in [-0.15, -0.1) is 10.2 Å². The van der Waals surface area contributed by atoms with Crippen molar-refractivity contribution in [2.75, 3.05) is 5.75 Å². The van der Waals surface area contributed by atoms with Crippen molar-refractivity contribution in [2.24, 2.45) is 0 Å². The van der Waals surface area contributed by atoms with Gasteiger partial charge in [-0.2, -0.15) is 5.26 Å². The average Bonchev–Trinajstić information content (AvgIpc) is 3.23. The van der Waals surface area contributed by atoms with Crippen LogP contribution in [0.2, 0.25) is 0 Å². The van der Waals surface area contributed by atoms with Crippen LogP contribution in [0.3, 0.4) is 0 Å². The first-order chi connectivity index (χ1) is 11.6. The second kappa shape index (κ2) is 7.05. The number of thioether (sulfide) groups is 1. The topological polar surface area (TPSA) is 91.8 Å².